The van der Waals surface area contributed by atoms with Crippen LogP contribution in [-0.2, 0) is 16.0 Å². The molecule has 0 heterocycles. The van der Waals surface area contributed by atoms with Gasteiger partial charge in [-0.25, -0.2) is 0 Å². The largest absolute Gasteiger partial charge is 0.497 e. The van der Waals surface area contributed by atoms with E-state index in [0.717, 1.165) is 18.6 Å². The molecule has 2 rings (SSSR count). The second-order valence-corrected chi connectivity index (χ2v) is 4.98. The Labute approximate surface area is 119 Å². The van der Waals surface area contributed by atoms with E-state index in [1.807, 2.05) is 17.0 Å². The highest BCUT2D eigenvalue weighted by atomic mass is 16.5. The zero-order chi connectivity index (χ0) is 14.5. The monoisotopic (exact) mass is 279 g/mol. The second-order valence-electron chi connectivity index (χ2n) is 4.98. The van der Waals surface area contributed by atoms with Crippen molar-refractivity contribution in [2.75, 3.05) is 33.9 Å². The Balaban J connectivity index is 2.21. The number of carboxylic acids is 1. The predicted octanol–water partition coefficient (Wildman–Crippen LogP) is 1.72. The van der Waals surface area contributed by atoms with E-state index in [9.17, 15) is 4.79 Å². The first-order valence-corrected chi connectivity index (χ1v) is 6.77. The Hall–Kier alpha value is -1.59. The zero-order valence-corrected chi connectivity index (χ0v) is 12.0. The topological polar surface area (TPSA) is 59.0 Å². The average Bonchev–Trinajstić information content (AvgIpc) is 2.85. The third kappa shape index (κ3) is 3.29. The van der Waals surface area contributed by atoms with Crippen molar-refractivity contribution < 1.29 is 19.4 Å². The SMILES string of the molecule is COCCN(CC(=O)O)C1CCc2ccc(OC)cc21. The highest BCUT2D eigenvalue weighted by Crippen LogP contribution is 2.37. The van der Waals surface area contributed by atoms with Crippen LogP contribution in [0.15, 0.2) is 18.2 Å². The van der Waals surface area contributed by atoms with Crippen molar-refractivity contribution in [3.63, 3.8) is 0 Å². The summed E-state index contributed by atoms with van der Waals surface area (Å²) in [7, 11) is 3.27. The zero-order valence-electron chi connectivity index (χ0n) is 12.0. The number of rotatable bonds is 7. The Bertz CT molecular complexity index is 475. The van der Waals surface area contributed by atoms with Crippen LogP contribution >= 0.6 is 0 Å². The van der Waals surface area contributed by atoms with Crippen molar-refractivity contribution >= 4 is 5.97 Å². The summed E-state index contributed by atoms with van der Waals surface area (Å²) in [6.45, 7) is 1.18. The van der Waals surface area contributed by atoms with Crippen molar-refractivity contribution in [2.45, 2.75) is 18.9 Å². The molecule has 5 nitrogen and oxygen atoms in total. The fourth-order valence-electron chi connectivity index (χ4n) is 2.79. The van der Waals surface area contributed by atoms with Crippen LogP contribution in [0.25, 0.3) is 0 Å². The fraction of sp³-hybridized carbons (Fsp3) is 0.533. The van der Waals surface area contributed by atoms with Gasteiger partial charge in [-0.15, -0.1) is 0 Å². The molecule has 0 saturated heterocycles. The summed E-state index contributed by atoms with van der Waals surface area (Å²) >= 11 is 0. The van der Waals surface area contributed by atoms with Gasteiger partial charge in [0.15, 0.2) is 0 Å². The maximum Gasteiger partial charge on any atom is 0.317 e. The molecule has 1 aromatic rings. The summed E-state index contributed by atoms with van der Waals surface area (Å²) in [5.74, 6) is 0.00937. The van der Waals surface area contributed by atoms with E-state index in [0.29, 0.717) is 13.2 Å². The van der Waals surface area contributed by atoms with Crippen LogP contribution in [-0.4, -0.2) is 49.9 Å². The summed E-state index contributed by atoms with van der Waals surface area (Å²) in [4.78, 5) is 13.0. The van der Waals surface area contributed by atoms with Crippen LogP contribution in [0.2, 0.25) is 0 Å². The number of aryl methyl sites for hydroxylation is 1. The van der Waals surface area contributed by atoms with Gasteiger partial charge in [-0.3, -0.25) is 9.69 Å². The van der Waals surface area contributed by atoms with Gasteiger partial charge in [0.05, 0.1) is 20.3 Å². The molecule has 1 N–H and O–H groups in total. The lowest BCUT2D eigenvalue weighted by atomic mass is 10.1. The molecule has 0 bridgehead atoms. The number of nitrogens with zero attached hydrogens (tertiary/aromatic N) is 1. The molecule has 0 aromatic heterocycles. The highest BCUT2D eigenvalue weighted by molar-refractivity contribution is 5.69. The molecule has 0 aliphatic heterocycles. The third-order valence-corrected chi connectivity index (χ3v) is 3.76. The first kappa shape index (κ1) is 14.8. The van der Waals surface area contributed by atoms with Crippen molar-refractivity contribution in [1.29, 1.82) is 0 Å². The van der Waals surface area contributed by atoms with Crippen molar-refractivity contribution in [1.82, 2.24) is 4.90 Å². The van der Waals surface area contributed by atoms with Gasteiger partial charge in [0, 0.05) is 19.7 Å². The molecule has 0 radical (unpaired) electrons. The molecule has 5 heteroatoms. The van der Waals surface area contributed by atoms with Crippen molar-refractivity contribution in [3.05, 3.63) is 29.3 Å². The van der Waals surface area contributed by atoms with Gasteiger partial charge in [-0.05, 0) is 36.1 Å². The normalized spacial score (nSPS) is 17.2. The molecule has 1 aliphatic rings. The average molecular weight is 279 g/mol. The first-order chi connectivity index (χ1) is 9.65. The molecule has 1 aliphatic carbocycles. The fourth-order valence-corrected chi connectivity index (χ4v) is 2.79. The van der Waals surface area contributed by atoms with Crippen LogP contribution < -0.4 is 4.74 Å². The number of hydrogen-bond donors (Lipinski definition) is 1. The number of benzene rings is 1. The van der Waals surface area contributed by atoms with Gasteiger partial charge >= 0.3 is 5.97 Å². The van der Waals surface area contributed by atoms with Crippen molar-refractivity contribution in [3.8, 4) is 5.75 Å². The van der Waals surface area contributed by atoms with Crippen molar-refractivity contribution in [2.24, 2.45) is 0 Å². The summed E-state index contributed by atoms with van der Waals surface area (Å²) in [6.07, 6.45) is 1.92. The number of fused-ring (bicyclic) bond motifs is 1. The highest BCUT2D eigenvalue weighted by Gasteiger charge is 2.29. The van der Waals surface area contributed by atoms with E-state index in [1.54, 1.807) is 14.2 Å². The number of hydrogen-bond acceptors (Lipinski definition) is 4. The standard InChI is InChI=1S/C15H21NO4/c1-19-8-7-16(10-15(17)18)14-6-4-11-3-5-12(20-2)9-13(11)14/h3,5,9,14H,4,6-8,10H2,1-2H3,(H,17,18). The summed E-state index contributed by atoms with van der Waals surface area (Å²) < 4.78 is 10.4. The van der Waals surface area contributed by atoms with Gasteiger partial charge in [-0.2, -0.15) is 0 Å². The molecule has 20 heavy (non-hydrogen) atoms. The number of carboxylic acid groups (broad SMARTS) is 1. The van der Waals surface area contributed by atoms with Gasteiger partial charge in [0.25, 0.3) is 0 Å². The Morgan fingerprint density at radius 2 is 2.25 bits per heavy atom. The lowest BCUT2D eigenvalue weighted by molar-refractivity contribution is -0.139. The molecule has 1 atom stereocenters. The molecule has 110 valence electrons. The molecule has 0 saturated carbocycles. The van der Waals surface area contributed by atoms with E-state index in [4.69, 9.17) is 14.6 Å². The number of ether oxygens (including phenoxy) is 2. The molecule has 1 aromatic carbocycles. The Kier molecular flexibility index (Phi) is 4.98. The number of aliphatic carboxylic acids is 1. The molecular formula is C15H21NO4. The van der Waals surface area contributed by atoms with E-state index in [1.165, 1.54) is 11.1 Å². The minimum Gasteiger partial charge on any atom is -0.497 e. The van der Waals surface area contributed by atoms with Crippen LogP contribution in [0.5, 0.6) is 5.75 Å². The summed E-state index contributed by atoms with van der Waals surface area (Å²) in [6, 6.07) is 6.18. The number of methoxy groups -OCH3 is 2. The summed E-state index contributed by atoms with van der Waals surface area (Å²) in [5, 5.41) is 9.09. The maximum atomic E-state index is 11.1. The van der Waals surface area contributed by atoms with E-state index in [2.05, 4.69) is 6.07 Å². The summed E-state index contributed by atoms with van der Waals surface area (Å²) in [5.41, 5.74) is 2.46. The lowest BCUT2D eigenvalue weighted by Crippen LogP contribution is -2.35. The minimum atomic E-state index is -0.808. The molecule has 0 fully saturated rings. The van der Waals surface area contributed by atoms with Crippen LogP contribution in [0, 0.1) is 0 Å². The van der Waals surface area contributed by atoms with E-state index >= 15 is 0 Å². The van der Waals surface area contributed by atoms with Gasteiger partial charge < -0.3 is 14.6 Å². The minimum absolute atomic E-state index is 0.0324. The van der Waals surface area contributed by atoms with E-state index in [-0.39, 0.29) is 12.6 Å². The lowest BCUT2D eigenvalue weighted by Gasteiger charge is -2.27. The van der Waals surface area contributed by atoms with Gasteiger partial charge in [0.2, 0.25) is 0 Å². The third-order valence-electron chi connectivity index (χ3n) is 3.76. The quantitative estimate of drug-likeness (QED) is 0.823. The Morgan fingerprint density at radius 3 is 2.90 bits per heavy atom. The second kappa shape index (κ2) is 6.72. The molecule has 1 unspecified atom stereocenters. The first-order valence-electron chi connectivity index (χ1n) is 6.77. The predicted molar refractivity (Wildman–Crippen MR) is 75.1 cm³/mol. The van der Waals surface area contributed by atoms with E-state index < -0.39 is 5.97 Å². The number of carbonyl (C=O) groups is 1. The maximum absolute atomic E-state index is 11.1. The molecule has 0 amide bonds. The van der Waals surface area contributed by atoms with Gasteiger partial charge in [-0.1, -0.05) is 6.07 Å². The Morgan fingerprint density at radius 1 is 1.45 bits per heavy atom. The van der Waals surface area contributed by atoms with Crippen LogP contribution in [0.1, 0.15) is 23.6 Å². The molecular weight excluding hydrogens is 258 g/mol. The smallest absolute Gasteiger partial charge is 0.317 e. The molecule has 0 spiro atoms. The van der Waals surface area contributed by atoms with Crippen LogP contribution in [0.3, 0.4) is 0 Å². The van der Waals surface area contributed by atoms with Gasteiger partial charge in [0.1, 0.15) is 5.75 Å². The van der Waals surface area contributed by atoms with Crippen LogP contribution in [0.4, 0.5) is 0 Å².